The Balaban J connectivity index is 1.65. The molecule has 1 N–H and O–H groups in total. The largest absolute Gasteiger partial charge is 0.494 e. The molecule has 2 saturated heterocycles. The molecule has 0 saturated carbocycles. The monoisotopic (exact) mass is 300 g/mol. The molecule has 0 radical (unpaired) electrons. The number of fused-ring (bicyclic) bond motifs is 4. The van der Waals surface area contributed by atoms with Crippen LogP contribution in [0.3, 0.4) is 0 Å². The fourth-order valence-corrected chi connectivity index (χ4v) is 4.41. The van der Waals surface area contributed by atoms with Crippen molar-refractivity contribution in [2.45, 2.75) is 44.7 Å². The summed E-state index contributed by atoms with van der Waals surface area (Å²) in [6, 6.07) is 7.00. The van der Waals surface area contributed by atoms with Crippen LogP contribution in [0.5, 0.6) is 5.75 Å². The van der Waals surface area contributed by atoms with Crippen LogP contribution in [-0.2, 0) is 11.2 Å². The van der Waals surface area contributed by atoms with E-state index in [1.807, 2.05) is 6.92 Å². The number of rotatable bonds is 2. The highest BCUT2D eigenvalue weighted by molar-refractivity contribution is 5.81. The molecule has 0 bridgehead atoms. The lowest BCUT2D eigenvalue weighted by Crippen LogP contribution is -2.57. The summed E-state index contributed by atoms with van der Waals surface area (Å²) in [7, 11) is 0. The van der Waals surface area contributed by atoms with Gasteiger partial charge in [-0.1, -0.05) is 6.07 Å². The van der Waals surface area contributed by atoms with Crippen molar-refractivity contribution < 1.29 is 9.53 Å². The van der Waals surface area contributed by atoms with Crippen molar-refractivity contribution in [2.75, 3.05) is 19.7 Å². The van der Waals surface area contributed by atoms with E-state index in [4.69, 9.17) is 4.74 Å². The van der Waals surface area contributed by atoms with Crippen LogP contribution in [0.2, 0.25) is 0 Å². The predicted octanol–water partition coefficient (Wildman–Crippen LogP) is 2.28. The first-order valence-corrected chi connectivity index (χ1v) is 8.57. The van der Waals surface area contributed by atoms with Gasteiger partial charge in [0.25, 0.3) is 0 Å². The van der Waals surface area contributed by atoms with Gasteiger partial charge in [0.05, 0.1) is 18.6 Å². The Hall–Kier alpha value is -1.55. The second-order valence-corrected chi connectivity index (χ2v) is 6.64. The molecule has 3 aliphatic heterocycles. The van der Waals surface area contributed by atoms with Crippen LogP contribution in [0, 0.1) is 5.92 Å². The highest BCUT2D eigenvalue weighted by Crippen LogP contribution is 2.41. The van der Waals surface area contributed by atoms with E-state index in [0.29, 0.717) is 18.6 Å². The van der Waals surface area contributed by atoms with Gasteiger partial charge in [0.1, 0.15) is 5.75 Å². The predicted molar refractivity (Wildman–Crippen MR) is 84.9 cm³/mol. The summed E-state index contributed by atoms with van der Waals surface area (Å²) in [5, 5.41) is 3.57. The third-order valence-corrected chi connectivity index (χ3v) is 5.44. The molecule has 3 unspecified atom stereocenters. The third kappa shape index (κ3) is 2.21. The minimum absolute atomic E-state index is 0.203. The molecule has 3 heterocycles. The molecule has 4 heteroatoms. The maximum atomic E-state index is 12.8. The lowest BCUT2D eigenvalue weighted by Gasteiger charge is -2.48. The van der Waals surface area contributed by atoms with E-state index in [2.05, 4.69) is 28.4 Å². The van der Waals surface area contributed by atoms with Gasteiger partial charge in [-0.15, -0.1) is 0 Å². The van der Waals surface area contributed by atoms with Crippen LogP contribution in [0.1, 0.15) is 43.4 Å². The standard InChI is InChI=1S/C18H24N2O2/c1-2-22-13-5-6-14-12(10-13)7-9-20-17(14)11-16-15(18(20)21)4-3-8-19-16/h5-6,10,15-17,19H,2-4,7-9,11H2,1H3. The summed E-state index contributed by atoms with van der Waals surface area (Å²) in [6.07, 6.45) is 4.18. The molecule has 118 valence electrons. The Morgan fingerprint density at radius 3 is 3.18 bits per heavy atom. The average Bonchev–Trinajstić information content (AvgIpc) is 2.55. The Labute approximate surface area is 131 Å². The van der Waals surface area contributed by atoms with Gasteiger partial charge >= 0.3 is 0 Å². The van der Waals surface area contributed by atoms with E-state index in [9.17, 15) is 4.79 Å². The van der Waals surface area contributed by atoms with Gasteiger partial charge < -0.3 is 15.0 Å². The molecule has 1 aromatic carbocycles. The van der Waals surface area contributed by atoms with Gasteiger partial charge in [0.15, 0.2) is 0 Å². The van der Waals surface area contributed by atoms with Crippen LogP contribution >= 0.6 is 0 Å². The van der Waals surface area contributed by atoms with Gasteiger partial charge in [-0.05, 0) is 62.4 Å². The van der Waals surface area contributed by atoms with Crippen LogP contribution in [0.15, 0.2) is 18.2 Å². The average molecular weight is 300 g/mol. The topological polar surface area (TPSA) is 41.6 Å². The zero-order valence-electron chi connectivity index (χ0n) is 13.2. The summed E-state index contributed by atoms with van der Waals surface area (Å²) >= 11 is 0. The minimum Gasteiger partial charge on any atom is -0.494 e. The molecule has 0 spiro atoms. The first-order valence-electron chi connectivity index (χ1n) is 8.57. The summed E-state index contributed by atoms with van der Waals surface area (Å²) in [5.74, 6) is 1.52. The molecule has 1 aromatic rings. The SMILES string of the molecule is CCOc1ccc2c(c1)CCN1C(=O)C3CCCNC3CC21. The molecule has 3 atom stereocenters. The molecule has 4 rings (SSSR count). The number of ether oxygens (including phenoxy) is 1. The maximum absolute atomic E-state index is 12.8. The zero-order chi connectivity index (χ0) is 15.1. The van der Waals surface area contributed by atoms with Crippen LogP contribution in [0.25, 0.3) is 0 Å². The normalized spacial score (nSPS) is 30.3. The van der Waals surface area contributed by atoms with Crippen LogP contribution in [-0.4, -0.2) is 36.5 Å². The van der Waals surface area contributed by atoms with Crippen molar-refractivity contribution in [1.29, 1.82) is 0 Å². The molecule has 4 nitrogen and oxygen atoms in total. The Kier molecular flexibility index (Phi) is 3.57. The first kappa shape index (κ1) is 14.1. The Morgan fingerprint density at radius 1 is 1.41 bits per heavy atom. The quantitative estimate of drug-likeness (QED) is 0.911. The van der Waals surface area contributed by atoms with Gasteiger partial charge in [0.2, 0.25) is 5.91 Å². The van der Waals surface area contributed by atoms with E-state index in [-0.39, 0.29) is 12.0 Å². The number of carbonyl (C=O) groups is 1. The summed E-state index contributed by atoms with van der Waals surface area (Å²) in [6.45, 7) is 4.61. The van der Waals surface area contributed by atoms with Crippen LogP contribution < -0.4 is 10.1 Å². The second kappa shape index (κ2) is 5.58. The van der Waals surface area contributed by atoms with Crippen molar-refractivity contribution >= 4 is 5.91 Å². The maximum Gasteiger partial charge on any atom is 0.227 e. The van der Waals surface area contributed by atoms with Crippen molar-refractivity contribution in [1.82, 2.24) is 10.2 Å². The van der Waals surface area contributed by atoms with Crippen molar-refractivity contribution in [3.05, 3.63) is 29.3 Å². The molecule has 22 heavy (non-hydrogen) atoms. The summed E-state index contributed by atoms with van der Waals surface area (Å²) < 4.78 is 5.62. The molecular formula is C18H24N2O2. The number of hydrogen-bond donors (Lipinski definition) is 1. The van der Waals surface area contributed by atoms with Crippen LogP contribution in [0.4, 0.5) is 0 Å². The molecule has 2 fully saturated rings. The Bertz CT molecular complexity index is 586. The van der Waals surface area contributed by atoms with Crippen molar-refractivity contribution in [3.63, 3.8) is 0 Å². The minimum atomic E-state index is 0.203. The number of nitrogens with zero attached hydrogens (tertiary/aromatic N) is 1. The van der Waals surface area contributed by atoms with Gasteiger partial charge in [-0.3, -0.25) is 4.79 Å². The van der Waals surface area contributed by atoms with E-state index in [1.165, 1.54) is 11.1 Å². The highest BCUT2D eigenvalue weighted by atomic mass is 16.5. The van der Waals surface area contributed by atoms with Gasteiger partial charge in [-0.2, -0.15) is 0 Å². The van der Waals surface area contributed by atoms with Gasteiger partial charge in [0, 0.05) is 12.6 Å². The number of amides is 1. The lowest BCUT2D eigenvalue weighted by atomic mass is 9.77. The molecule has 0 aromatic heterocycles. The summed E-state index contributed by atoms with van der Waals surface area (Å²) in [5.41, 5.74) is 2.68. The van der Waals surface area contributed by atoms with Crippen molar-refractivity contribution in [2.24, 2.45) is 5.92 Å². The number of carbonyl (C=O) groups excluding carboxylic acids is 1. The zero-order valence-corrected chi connectivity index (χ0v) is 13.2. The third-order valence-electron chi connectivity index (χ3n) is 5.44. The molecule has 0 aliphatic carbocycles. The number of benzene rings is 1. The fraction of sp³-hybridized carbons (Fsp3) is 0.611. The number of hydrogen-bond acceptors (Lipinski definition) is 3. The first-order chi connectivity index (χ1) is 10.8. The number of piperidine rings is 2. The molecular weight excluding hydrogens is 276 g/mol. The Morgan fingerprint density at radius 2 is 2.32 bits per heavy atom. The van der Waals surface area contributed by atoms with E-state index in [1.54, 1.807) is 0 Å². The fourth-order valence-electron chi connectivity index (χ4n) is 4.41. The summed E-state index contributed by atoms with van der Waals surface area (Å²) in [4.78, 5) is 15.0. The van der Waals surface area contributed by atoms with E-state index in [0.717, 1.165) is 44.5 Å². The molecule has 1 amide bonds. The molecule has 3 aliphatic rings. The van der Waals surface area contributed by atoms with Crippen molar-refractivity contribution in [3.8, 4) is 5.75 Å². The smallest absolute Gasteiger partial charge is 0.227 e. The van der Waals surface area contributed by atoms with E-state index < -0.39 is 0 Å². The number of nitrogens with one attached hydrogen (secondary N) is 1. The highest BCUT2D eigenvalue weighted by Gasteiger charge is 2.44. The second-order valence-electron chi connectivity index (χ2n) is 6.64. The van der Waals surface area contributed by atoms with E-state index >= 15 is 0 Å². The van der Waals surface area contributed by atoms with Gasteiger partial charge in [-0.25, -0.2) is 0 Å². The lowest BCUT2D eigenvalue weighted by molar-refractivity contribution is -0.145.